The molecule has 0 unspecified atom stereocenters. The summed E-state index contributed by atoms with van der Waals surface area (Å²) >= 11 is 0. The lowest BCUT2D eigenvalue weighted by Gasteiger charge is -1.92. The first-order chi connectivity index (χ1) is 7.29. The number of benzene rings is 1. The van der Waals surface area contributed by atoms with Gasteiger partial charge in [0, 0.05) is 12.5 Å². The molecule has 0 radical (unpaired) electrons. The predicted octanol–water partition coefficient (Wildman–Crippen LogP) is 2.16. The van der Waals surface area contributed by atoms with Crippen LogP contribution in [0.2, 0.25) is 0 Å². The smallest absolute Gasteiger partial charge is 0.302 e. The number of carbonyl (C=O) groups is 1. The molecule has 2 nitrogen and oxygen atoms in total. The number of hydrogen-bond donors (Lipinski definition) is 0. The van der Waals surface area contributed by atoms with Crippen molar-refractivity contribution < 1.29 is 9.53 Å². The zero-order valence-corrected chi connectivity index (χ0v) is 8.57. The molecule has 0 aliphatic heterocycles. The van der Waals surface area contributed by atoms with Crippen LogP contribution in [-0.2, 0) is 9.53 Å². The Labute approximate surface area is 89.6 Å². The Bertz CT molecular complexity index is 394. The molecule has 1 aromatic rings. The second-order valence-corrected chi connectivity index (χ2v) is 2.84. The first-order valence-electron chi connectivity index (χ1n) is 4.64. The van der Waals surface area contributed by atoms with E-state index >= 15 is 0 Å². The van der Waals surface area contributed by atoms with E-state index in [0.29, 0.717) is 0 Å². The Morgan fingerprint density at radius 1 is 1.40 bits per heavy atom. The van der Waals surface area contributed by atoms with Gasteiger partial charge in [0.2, 0.25) is 0 Å². The minimum Gasteiger partial charge on any atom is -0.462 e. The van der Waals surface area contributed by atoms with Crippen LogP contribution in [0.25, 0.3) is 0 Å². The molecule has 0 saturated carbocycles. The second-order valence-electron chi connectivity index (χ2n) is 2.84. The lowest BCUT2D eigenvalue weighted by molar-refractivity contribution is -0.139. The lowest BCUT2D eigenvalue weighted by atomic mass is 10.2. The molecule has 1 aromatic carbocycles. The third-order valence-corrected chi connectivity index (χ3v) is 1.57. The van der Waals surface area contributed by atoms with Gasteiger partial charge in [-0.2, -0.15) is 0 Å². The number of ether oxygens (including phenoxy) is 1. The molecule has 0 atom stereocenters. The average molecular weight is 200 g/mol. The van der Waals surface area contributed by atoms with E-state index < -0.39 is 0 Å². The summed E-state index contributed by atoms with van der Waals surface area (Å²) in [4.78, 5) is 10.4. The topological polar surface area (TPSA) is 26.3 Å². The van der Waals surface area contributed by atoms with Gasteiger partial charge >= 0.3 is 5.97 Å². The fourth-order valence-corrected chi connectivity index (χ4v) is 0.919. The van der Waals surface area contributed by atoms with Gasteiger partial charge in [-0.3, -0.25) is 4.79 Å². The van der Waals surface area contributed by atoms with Gasteiger partial charge in [-0.05, 0) is 24.3 Å². The average Bonchev–Trinajstić information content (AvgIpc) is 2.24. The van der Waals surface area contributed by atoms with Crippen molar-refractivity contribution in [1.82, 2.24) is 0 Å². The van der Waals surface area contributed by atoms with E-state index in [1.165, 1.54) is 6.92 Å². The van der Waals surface area contributed by atoms with Crippen LogP contribution in [0.5, 0.6) is 0 Å². The summed E-state index contributed by atoms with van der Waals surface area (Å²) in [6, 6.07) is 9.70. The van der Waals surface area contributed by atoms with E-state index in [-0.39, 0.29) is 12.6 Å². The van der Waals surface area contributed by atoms with Gasteiger partial charge in [0.15, 0.2) is 0 Å². The van der Waals surface area contributed by atoms with E-state index in [4.69, 9.17) is 4.74 Å². The van der Waals surface area contributed by atoms with Crippen LogP contribution in [0.15, 0.2) is 42.5 Å². The summed E-state index contributed by atoms with van der Waals surface area (Å²) in [6.07, 6.45) is 3.38. The molecule has 0 spiro atoms. The van der Waals surface area contributed by atoms with Crippen molar-refractivity contribution in [2.24, 2.45) is 0 Å². The number of hydrogen-bond acceptors (Lipinski definition) is 2. The maximum absolute atomic E-state index is 10.4. The van der Waals surface area contributed by atoms with E-state index in [1.54, 1.807) is 12.2 Å². The highest BCUT2D eigenvalue weighted by molar-refractivity contribution is 5.66. The molecule has 0 fully saturated rings. The van der Waals surface area contributed by atoms with Gasteiger partial charge < -0.3 is 4.74 Å². The van der Waals surface area contributed by atoms with Crippen LogP contribution in [0.4, 0.5) is 0 Å². The molecule has 15 heavy (non-hydrogen) atoms. The van der Waals surface area contributed by atoms with Crippen molar-refractivity contribution in [3.63, 3.8) is 0 Å². The van der Waals surface area contributed by atoms with Crippen LogP contribution >= 0.6 is 0 Å². The Morgan fingerprint density at radius 2 is 2.13 bits per heavy atom. The van der Waals surface area contributed by atoms with Crippen molar-refractivity contribution >= 4 is 5.97 Å². The molecular formula is C13H12O2. The Morgan fingerprint density at radius 3 is 2.80 bits per heavy atom. The fraction of sp³-hybridized carbons (Fsp3) is 0.154. The van der Waals surface area contributed by atoms with Gasteiger partial charge in [-0.25, -0.2) is 0 Å². The second kappa shape index (κ2) is 6.44. The molecule has 0 aromatic heterocycles. The van der Waals surface area contributed by atoms with Crippen LogP contribution in [0.3, 0.4) is 0 Å². The van der Waals surface area contributed by atoms with Crippen molar-refractivity contribution in [2.45, 2.75) is 6.92 Å². The summed E-state index contributed by atoms with van der Waals surface area (Å²) in [6.45, 7) is 1.66. The maximum Gasteiger partial charge on any atom is 0.302 e. The van der Waals surface area contributed by atoms with Crippen LogP contribution in [-0.4, -0.2) is 12.6 Å². The molecule has 0 heterocycles. The van der Waals surface area contributed by atoms with Crippen LogP contribution < -0.4 is 0 Å². The minimum atomic E-state index is -0.282. The summed E-state index contributed by atoms with van der Waals surface area (Å²) in [5.41, 5.74) is 0.967. The summed E-state index contributed by atoms with van der Waals surface area (Å²) < 4.78 is 4.70. The number of allylic oxidation sites excluding steroid dienone is 1. The lowest BCUT2D eigenvalue weighted by Crippen LogP contribution is -1.96. The molecule has 0 amide bonds. The van der Waals surface area contributed by atoms with Crippen LogP contribution in [0, 0.1) is 11.8 Å². The Hall–Kier alpha value is -2.01. The van der Waals surface area contributed by atoms with E-state index in [9.17, 15) is 4.79 Å². The molecular weight excluding hydrogens is 188 g/mol. The fourth-order valence-electron chi connectivity index (χ4n) is 0.919. The highest BCUT2D eigenvalue weighted by atomic mass is 16.5. The van der Waals surface area contributed by atoms with Crippen molar-refractivity contribution in [1.29, 1.82) is 0 Å². The van der Waals surface area contributed by atoms with Crippen molar-refractivity contribution in [3.05, 3.63) is 48.0 Å². The first-order valence-corrected chi connectivity index (χ1v) is 4.64. The molecule has 1 rings (SSSR count). The Balaban J connectivity index is 2.37. The van der Waals surface area contributed by atoms with Gasteiger partial charge in [0.05, 0.1) is 0 Å². The number of rotatable bonds is 2. The summed E-state index contributed by atoms with van der Waals surface area (Å²) in [5.74, 6) is 5.53. The minimum absolute atomic E-state index is 0.277. The number of esters is 1. The van der Waals surface area contributed by atoms with Gasteiger partial charge in [0.25, 0.3) is 0 Å². The largest absolute Gasteiger partial charge is 0.462 e. The van der Waals surface area contributed by atoms with Crippen molar-refractivity contribution in [3.8, 4) is 11.8 Å². The first kappa shape index (κ1) is 11.1. The zero-order valence-electron chi connectivity index (χ0n) is 8.57. The van der Waals surface area contributed by atoms with E-state index in [2.05, 4.69) is 11.8 Å². The quantitative estimate of drug-likeness (QED) is 0.540. The molecule has 2 heteroatoms. The van der Waals surface area contributed by atoms with Crippen LogP contribution in [0.1, 0.15) is 12.5 Å². The summed E-state index contributed by atoms with van der Waals surface area (Å²) in [7, 11) is 0. The monoisotopic (exact) mass is 200 g/mol. The normalized spacial score (nSPS) is 9.40. The third-order valence-electron chi connectivity index (χ3n) is 1.57. The summed E-state index contributed by atoms with van der Waals surface area (Å²) in [5, 5.41) is 0. The zero-order chi connectivity index (χ0) is 10.9. The maximum atomic E-state index is 10.4. The molecule has 0 aliphatic carbocycles. The highest BCUT2D eigenvalue weighted by Crippen LogP contribution is 1.94. The van der Waals surface area contributed by atoms with E-state index in [0.717, 1.165) is 5.56 Å². The third kappa shape index (κ3) is 5.33. The van der Waals surface area contributed by atoms with Gasteiger partial charge in [-0.1, -0.05) is 30.0 Å². The van der Waals surface area contributed by atoms with Crippen molar-refractivity contribution in [2.75, 3.05) is 6.61 Å². The molecule has 0 bridgehead atoms. The van der Waals surface area contributed by atoms with Gasteiger partial charge in [-0.15, -0.1) is 0 Å². The molecule has 76 valence electrons. The molecule has 0 N–H and O–H groups in total. The predicted molar refractivity (Wildman–Crippen MR) is 59.1 cm³/mol. The molecule has 0 saturated heterocycles. The Kier molecular flexibility index (Phi) is 4.75. The standard InChI is InChI=1S/C13H12O2/c1-12(14)15-11-7-3-6-10-13-8-4-2-5-9-13/h2-5,7-9H,11H2,1H3/b7-3+. The molecule has 0 aliphatic rings. The SMILES string of the molecule is CC(=O)OC/C=C/C#Cc1ccccc1. The van der Waals surface area contributed by atoms with Gasteiger partial charge in [0.1, 0.15) is 6.61 Å². The number of carbonyl (C=O) groups excluding carboxylic acids is 1. The van der Waals surface area contributed by atoms with E-state index in [1.807, 2.05) is 30.3 Å². The highest BCUT2D eigenvalue weighted by Gasteiger charge is 1.85.